The molecule has 0 heterocycles. The van der Waals surface area contributed by atoms with Crippen LogP contribution in [0.5, 0.6) is 0 Å². The zero-order valence-electron chi connectivity index (χ0n) is 9.09. The molecule has 1 aromatic carbocycles. The van der Waals surface area contributed by atoms with Gasteiger partial charge in [-0.15, -0.1) is 0 Å². The molecule has 0 bridgehead atoms. The van der Waals surface area contributed by atoms with Gasteiger partial charge in [-0.1, -0.05) is 28.1 Å². The van der Waals surface area contributed by atoms with Crippen molar-refractivity contribution in [2.24, 2.45) is 0 Å². The zero-order valence-corrected chi connectivity index (χ0v) is 11.6. The van der Waals surface area contributed by atoms with Crippen molar-refractivity contribution in [2.45, 2.75) is 6.10 Å². The van der Waals surface area contributed by atoms with E-state index in [0.29, 0.717) is 5.56 Å². The highest BCUT2D eigenvalue weighted by atomic mass is 79.9. The average molecular weight is 309 g/mol. The van der Waals surface area contributed by atoms with Gasteiger partial charge in [0, 0.05) is 18.7 Å². The van der Waals surface area contributed by atoms with E-state index in [1.807, 2.05) is 12.1 Å². The molecule has 16 heavy (non-hydrogen) atoms. The molecule has 0 unspecified atom stereocenters. The Morgan fingerprint density at radius 1 is 1.31 bits per heavy atom. The first-order valence-electron chi connectivity index (χ1n) is 4.65. The average Bonchev–Trinajstić information content (AvgIpc) is 2.29. The summed E-state index contributed by atoms with van der Waals surface area (Å²) < 4.78 is 22.2. The Morgan fingerprint density at radius 2 is 1.81 bits per heavy atom. The number of hydrogen-bond donors (Lipinski definition) is 1. The molecule has 0 aromatic heterocycles. The van der Waals surface area contributed by atoms with E-state index in [-0.39, 0.29) is 6.16 Å². The van der Waals surface area contributed by atoms with Crippen LogP contribution < -0.4 is 0 Å². The maximum Gasteiger partial charge on any atom is 0.333 e. The normalized spacial score (nSPS) is 13.8. The summed E-state index contributed by atoms with van der Waals surface area (Å²) in [4.78, 5) is 0. The molecule has 0 saturated heterocycles. The number of aliphatic hydroxyl groups is 1. The van der Waals surface area contributed by atoms with E-state index >= 15 is 0 Å². The molecule has 1 atom stereocenters. The standard InChI is InChI=1S/C10H14BrO4P/c1-14-16(13,15-2)7-10(12)8-3-5-9(11)6-4-8/h3-6,10,12H,7H2,1-2H3/t10-/m1/s1. The van der Waals surface area contributed by atoms with E-state index < -0.39 is 13.7 Å². The monoisotopic (exact) mass is 308 g/mol. The molecule has 1 rings (SSSR count). The third-order valence-corrected chi connectivity index (χ3v) is 4.64. The number of benzene rings is 1. The summed E-state index contributed by atoms with van der Waals surface area (Å²) in [6.07, 6.45) is -0.916. The fraction of sp³-hybridized carbons (Fsp3) is 0.400. The smallest absolute Gasteiger partial charge is 0.333 e. The molecule has 0 fully saturated rings. The second-order valence-electron chi connectivity index (χ2n) is 3.23. The quantitative estimate of drug-likeness (QED) is 0.850. The third kappa shape index (κ3) is 3.68. The van der Waals surface area contributed by atoms with Gasteiger partial charge in [0.2, 0.25) is 0 Å². The van der Waals surface area contributed by atoms with E-state index in [0.717, 1.165) is 4.47 Å². The predicted octanol–water partition coefficient (Wildman–Crippen LogP) is 2.97. The highest BCUT2D eigenvalue weighted by molar-refractivity contribution is 9.10. The van der Waals surface area contributed by atoms with Crippen LogP contribution in [0.15, 0.2) is 28.7 Å². The second-order valence-corrected chi connectivity index (χ2v) is 6.46. The van der Waals surface area contributed by atoms with Crippen molar-refractivity contribution in [2.75, 3.05) is 20.4 Å². The van der Waals surface area contributed by atoms with Crippen LogP contribution in [-0.4, -0.2) is 25.5 Å². The summed E-state index contributed by atoms with van der Waals surface area (Å²) >= 11 is 3.30. The van der Waals surface area contributed by atoms with Crippen LogP contribution in [0, 0.1) is 0 Å². The lowest BCUT2D eigenvalue weighted by Gasteiger charge is -2.17. The molecular weight excluding hydrogens is 295 g/mol. The van der Waals surface area contributed by atoms with Gasteiger partial charge < -0.3 is 14.2 Å². The third-order valence-electron chi connectivity index (χ3n) is 2.21. The SMILES string of the molecule is COP(=O)(C[C@@H](O)c1ccc(Br)cc1)OC. The van der Waals surface area contributed by atoms with Crippen LogP contribution >= 0.6 is 23.5 Å². The largest absolute Gasteiger partial charge is 0.388 e. The van der Waals surface area contributed by atoms with E-state index in [9.17, 15) is 9.67 Å². The molecule has 6 heteroatoms. The second kappa shape index (κ2) is 5.94. The topological polar surface area (TPSA) is 55.8 Å². The minimum atomic E-state index is -3.18. The Hall–Kier alpha value is -0.190. The van der Waals surface area contributed by atoms with E-state index in [4.69, 9.17) is 9.05 Å². The van der Waals surface area contributed by atoms with Crippen LogP contribution in [0.1, 0.15) is 11.7 Å². The lowest BCUT2D eigenvalue weighted by Crippen LogP contribution is -2.06. The Kier molecular flexibility index (Phi) is 5.15. The first-order chi connectivity index (χ1) is 7.50. The molecule has 0 radical (unpaired) electrons. The Morgan fingerprint density at radius 3 is 2.25 bits per heavy atom. The molecule has 0 saturated carbocycles. The van der Waals surface area contributed by atoms with Gasteiger partial charge >= 0.3 is 7.60 Å². The van der Waals surface area contributed by atoms with Crippen molar-refractivity contribution in [3.05, 3.63) is 34.3 Å². The summed E-state index contributed by atoms with van der Waals surface area (Å²) in [6, 6.07) is 7.13. The summed E-state index contributed by atoms with van der Waals surface area (Å²) in [5, 5.41) is 9.86. The van der Waals surface area contributed by atoms with Gasteiger partial charge in [-0.25, -0.2) is 0 Å². The van der Waals surface area contributed by atoms with Crippen molar-refractivity contribution >= 4 is 23.5 Å². The Balaban J connectivity index is 2.75. The van der Waals surface area contributed by atoms with Gasteiger partial charge in [0.1, 0.15) is 0 Å². The van der Waals surface area contributed by atoms with E-state index in [1.54, 1.807) is 12.1 Å². The molecule has 90 valence electrons. The van der Waals surface area contributed by atoms with Gasteiger partial charge in [0.15, 0.2) is 0 Å². The summed E-state index contributed by atoms with van der Waals surface area (Å²) in [5.41, 5.74) is 0.678. The number of halogens is 1. The first-order valence-corrected chi connectivity index (χ1v) is 7.17. The summed E-state index contributed by atoms with van der Waals surface area (Å²) in [7, 11) is -0.568. The number of aliphatic hydroxyl groups excluding tert-OH is 1. The lowest BCUT2D eigenvalue weighted by molar-refractivity contribution is 0.184. The fourth-order valence-electron chi connectivity index (χ4n) is 1.23. The van der Waals surface area contributed by atoms with Gasteiger partial charge in [-0.3, -0.25) is 4.57 Å². The molecule has 4 nitrogen and oxygen atoms in total. The lowest BCUT2D eigenvalue weighted by atomic mass is 10.1. The van der Waals surface area contributed by atoms with Crippen molar-refractivity contribution in [1.29, 1.82) is 0 Å². The highest BCUT2D eigenvalue weighted by Gasteiger charge is 2.26. The van der Waals surface area contributed by atoms with Crippen LogP contribution in [0.3, 0.4) is 0 Å². The van der Waals surface area contributed by atoms with Crippen molar-refractivity contribution in [3.8, 4) is 0 Å². The predicted molar refractivity (Wildman–Crippen MR) is 65.6 cm³/mol. The first kappa shape index (κ1) is 13.9. The van der Waals surface area contributed by atoms with Crippen molar-refractivity contribution in [1.82, 2.24) is 0 Å². The van der Waals surface area contributed by atoms with Gasteiger partial charge in [0.05, 0.1) is 12.3 Å². The molecule has 0 spiro atoms. The zero-order chi connectivity index (χ0) is 12.2. The maximum atomic E-state index is 11.8. The van der Waals surface area contributed by atoms with E-state index in [1.165, 1.54) is 14.2 Å². The summed E-state index contributed by atoms with van der Waals surface area (Å²) in [6.45, 7) is 0. The van der Waals surface area contributed by atoms with Crippen LogP contribution in [0.2, 0.25) is 0 Å². The Labute approximate surface area is 103 Å². The van der Waals surface area contributed by atoms with Crippen molar-refractivity contribution in [3.63, 3.8) is 0 Å². The minimum absolute atomic E-state index is 0.0539. The fourth-order valence-corrected chi connectivity index (χ4v) is 2.57. The molecule has 0 amide bonds. The van der Waals surface area contributed by atoms with Gasteiger partial charge in [-0.05, 0) is 17.7 Å². The molecule has 1 N–H and O–H groups in total. The minimum Gasteiger partial charge on any atom is -0.388 e. The van der Waals surface area contributed by atoms with Crippen LogP contribution in [0.25, 0.3) is 0 Å². The maximum absolute atomic E-state index is 11.8. The summed E-state index contributed by atoms with van der Waals surface area (Å²) in [5.74, 6) is 0. The van der Waals surface area contributed by atoms with Crippen molar-refractivity contribution < 1.29 is 18.7 Å². The van der Waals surface area contributed by atoms with Gasteiger partial charge in [-0.2, -0.15) is 0 Å². The molecular formula is C10H14BrO4P. The van der Waals surface area contributed by atoms with Crippen LogP contribution in [0.4, 0.5) is 0 Å². The molecule has 0 aliphatic rings. The highest BCUT2D eigenvalue weighted by Crippen LogP contribution is 2.49. The van der Waals surface area contributed by atoms with E-state index in [2.05, 4.69) is 15.9 Å². The molecule has 1 aromatic rings. The molecule has 0 aliphatic heterocycles. The van der Waals surface area contributed by atoms with Crippen LogP contribution in [-0.2, 0) is 13.6 Å². The van der Waals surface area contributed by atoms with Gasteiger partial charge in [0.25, 0.3) is 0 Å². The Bertz CT molecular complexity index is 371. The molecule has 0 aliphatic carbocycles. The number of hydrogen-bond acceptors (Lipinski definition) is 4. The number of rotatable bonds is 5.